The predicted molar refractivity (Wildman–Crippen MR) is 79.2 cm³/mol. The Morgan fingerprint density at radius 2 is 1.90 bits per heavy atom. The molecular formula is C16H22N2O3. The van der Waals surface area contributed by atoms with Gasteiger partial charge < -0.3 is 14.4 Å². The quantitative estimate of drug-likeness (QED) is 0.848. The maximum absolute atomic E-state index is 9.27. The van der Waals surface area contributed by atoms with Gasteiger partial charge in [-0.1, -0.05) is 31.1 Å². The smallest absolute Gasteiger partial charge is 0.264 e. The van der Waals surface area contributed by atoms with E-state index in [1.807, 2.05) is 38.1 Å². The van der Waals surface area contributed by atoms with Crippen LogP contribution in [0.5, 0.6) is 5.75 Å². The third-order valence-electron chi connectivity index (χ3n) is 3.14. The van der Waals surface area contributed by atoms with Crippen molar-refractivity contribution in [2.24, 2.45) is 0 Å². The highest BCUT2D eigenvalue weighted by Crippen LogP contribution is 2.16. The number of hydrogen-bond donors (Lipinski definition) is 1. The van der Waals surface area contributed by atoms with Gasteiger partial charge in [0.25, 0.3) is 5.89 Å². The van der Waals surface area contributed by atoms with Crippen molar-refractivity contribution < 1.29 is 14.4 Å². The van der Waals surface area contributed by atoms with Gasteiger partial charge in [0.05, 0.1) is 6.10 Å². The van der Waals surface area contributed by atoms with Crippen molar-refractivity contribution >= 4 is 0 Å². The molecule has 5 nitrogen and oxygen atoms in total. The molecule has 1 heterocycles. The molecule has 1 aromatic heterocycles. The van der Waals surface area contributed by atoms with Gasteiger partial charge in [-0.15, -0.1) is 0 Å². The van der Waals surface area contributed by atoms with Crippen LogP contribution in [0.25, 0.3) is 0 Å². The first-order valence-corrected chi connectivity index (χ1v) is 7.27. The van der Waals surface area contributed by atoms with Crippen molar-refractivity contribution in [1.29, 1.82) is 0 Å². The van der Waals surface area contributed by atoms with E-state index in [1.165, 1.54) is 5.56 Å². The zero-order chi connectivity index (χ0) is 15.2. The fraction of sp³-hybridized carbons (Fsp3) is 0.500. The van der Waals surface area contributed by atoms with Gasteiger partial charge in [-0.25, -0.2) is 0 Å². The number of ether oxygens (including phenoxy) is 1. The summed E-state index contributed by atoms with van der Waals surface area (Å²) >= 11 is 0. The number of aromatic nitrogens is 2. The third-order valence-corrected chi connectivity index (χ3v) is 3.14. The van der Waals surface area contributed by atoms with Crippen molar-refractivity contribution in [1.82, 2.24) is 10.1 Å². The van der Waals surface area contributed by atoms with Gasteiger partial charge in [-0.3, -0.25) is 0 Å². The van der Waals surface area contributed by atoms with Crippen LogP contribution < -0.4 is 4.74 Å². The van der Waals surface area contributed by atoms with E-state index in [9.17, 15) is 5.11 Å². The molecule has 21 heavy (non-hydrogen) atoms. The zero-order valence-electron chi connectivity index (χ0n) is 12.7. The van der Waals surface area contributed by atoms with Crippen molar-refractivity contribution in [3.05, 3.63) is 41.5 Å². The van der Waals surface area contributed by atoms with Gasteiger partial charge >= 0.3 is 0 Å². The Kier molecular flexibility index (Phi) is 5.33. The molecule has 0 amide bonds. The molecule has 2 aromatic rings. The molecule has 1 unspecified atom stereocenters. The average Bonchev–Trinajstić information content (AvgIpc) is 2.93. The van der Waals surface area contributed by atoms with E-state index in [1.54, 1.807) is 6.92 Å². The predicted octanol–water partition coefficient (Wildman–Crippen LogP) is 3.09. The molecule has 0 saturated heterocycles. The van der Waals surface area contributed by atoms with Gasteiger partial charge in [0.2, 0.25) is 0 Å². The molecule has 1 atom stereocenters. The van der Waals surface area contributed by atoms with Gasteiger partial charge in [-0.2, -0.15) is 4.98 Å². The average molecular weight is 290 g/mol. The molecule has 0 radical (unpaired) electrons. The lowest BCUT2D eigenvalue weighted by molar-refractivity contribution is 0.185. The number of aliphatic hydroxyl groups is 1. The molecule has 1 aromatic carbocycles. The van der Waals surface area contributed by atoms with E-state index in [-0.39, 0.29) is 18.6 Å². The van der Waals surface area contributed by atoms with E-state index in [2.05, 4.69) is 10.1 Å². The Morgan fingerprint density at radius 3 is 2.48 bits per heavy atom. The van der Waals surface area contributed by atoms with Crippen LogP contribution in [0.1, 0.15) is 50.4 Å². The molecule has 0 fully saturated rings. The summed E-state index contributed by atoms with van der Waals surface area (Å²) in [5.74, 6) is 2.19. The fourth-order valence-corrected chi connectivity index (χ4v) is 1.83. The Morgan fingerprint density at radius 1 is 1.19 bits per heavy atom. The minimum atomic E-state index is -0.270. The number of aryl methyl sites for hydroxylation is 1. The summed E-state index contributed by atoms with van der Waals surface area (Å²) in [5.41, 5.74) is 1.18. The first-order valence-electron chi connectivity index (χ1n) is 7.27. The van der Waals surface area contributed by atoms with Crippen LogP contribution in [-0.4, -0.2) is 21.4 Å². The topological polar surface area (TPSA) is 68.4 Å². The summed E-state index contributed by atoms with van der Waals surface area (Å²) in [6.45, 7) is 6.10. The lowest BCUT2D eigenvalue weighted by Gasteiger charge is -2.06. The molecule has 0 saturated carbocycles. The Labute approximate surface area is 125 Å². The summed E-state index contributed by atoms with van der Waals surface area (Å²) in [6.07, 6.45) is 1.35. The number of hydrogen-bond acceptors (Lipinski definition) is 5. The Balaban J connectivity index is 1.85. The molecule has 0 bridgehead atoms. The maximum atomic E-state index is 9.27. The molecule has 0 aliphatic heterocycles. The molecule has 5 heteroatoms. The van der Waals surface area contributed by atoms with Gasteiger partial charge in [-0.05, 0) is 37.5 Å². The standard InChI is InChI=1S/C16H22N2O3/c1-11(2)16-17-15(21-18-16)10-20-14-8-6-13(7-9-14)5-4-12(3)19/h6-9,11-12,19H,4-5,10H2,1-3H3. The van der Waals surface area contributed by atoms with Gasteiger partial charge in [0.15, 0.2) is 12.4 Å². The van der Waals surface area contributed by atoms with E-state index >= 15 is 0 Å². The Hall–Kier alpha value is -1.88. The number of benzene rings is 1. The summed E-state index contributed by atoms with van der Waals surface area (Å²) < 4.78 is 10.7. The van der Waals surface area contributed by atoms with Crippen molar-refractivity contribution in [2.75, 3.05) is 0 Å². The first-order chi connectivity index (χ1) is 10.0. The highest BCUT2D eigenvalue weighted by molar-refractivity contribution is 5.27. The van der Waals surface area contributed by atoms with E-state index in [0.29, 0.717) is 11.7 Å². The van der Waals surface area contributed by atoms with Crippen LogP contribution in [0, 0.1) is 0 Å². The Bertz CT molecular complexity index is 547. The number of rotatable bonds is 7. The minimum Gasteiger partial charge on any atom is -0.484 e. The van der Waals surface area contributed by atoms with Crippen molar-refractivity contribution in [3.63, 3.8) is 0 Å². The van der Waals surface area contributed by atoms with Gasteiger partial charge in [0, 0.05) is 5.92 Å². The normalized spacial score (nSPS) is 12.6. The second-order valence-electron chi connectivity index (χ2n) is 5.52. The van der Waals surface area contributed by atoms with Crippen LogP contribution in [0.4, 0.5) is 0 Å². The lowest BCUT2D eigenvalue weighted by Crippen LogP contribution is -2.01. The summed E-state index contributed by atoms with van der Waals surface area (Å²) in [6, 6.07) is 7.84. The second-order valence-corrected chi connectivity index (χ2v) is 5.52. The molecule has 1 N–H and O–H groups in total. The molecule has 114 valence electrons. The highest BCUT2D eigenvalue weighted by Gasteiger charge is 2.10. The van der Waals surface area contributed by atoms with E-state index < -0.39 is 0 Å². The fourth-order valence-electron chi connectivity index (χ4n) is 1.83. The van der Waals surface area contributed by atoms with E-state index in [0.717, 1.165) is 18.6 Å². The summed E-state index contributed by atoms with van der Waals surface area (Å²) in [7, 11) is 0. The molecular weight excluding hydrogens is 268 g/mol. The van der Waals surface area contributed by atoms with Crippen LogP contribution >= 0.6 is 0 Å². The number of nitrogens with zero attached hydrogens (tertiary/aromatic N) is 2. The van der Waals surface area contributed by atoms with Crippen LogP contribution in [0.2, 0.25) is 0 Å². The zero-order valence-corrected chi connectivity index (χ0v) is 12.7. The molecule has 0 spiro atoms. The van der Waals surface area contributed by atoms with Crippen LogP contribution in [-0.2, 0) is 13.0 Å². The third kappa shape index (κ3) is 4.86. The SMILES string of the molecule is CC(O)CCc1ccc(OCc2nc(C(C)C)no2)cc1. The number of aliphatic hydroxyl groups excluding tert-OH is 1. The molecule has 0 aliphatic rings. The van der Waals surface area contributed by atoms with Crippen molar-refractivity contribution in [2.45, 2.75) is 52.2 Å². The van der Waals surface area contributed by atoms with Gasteiger partial charge in [0.1, 0.15) is 5.75 Å². The minimum absolute atomic E-state index is 0.246. The summed E-state index contributed by atoms with van der Waals surface area (Å²) in [4.78, 5) is 4.26. The summed E-state index contributed by atoms with van der Waals surface area (Å²) in [5, 5.41) is 13.2. The largest absolute Gasteiger partial charge is 0.484 e. The maximum Gasteiger partial charge on any atom is 0.264 e. The second kappa shape index (κ2) is 7.22. The lowest BCUT2D eigenvalue weighted by atomic mass is 10.1. The monoisotopic (exact) mass is 290 g/mol. The van der Waals surface area contributed by atoms with Crippen molar-refractivity contribution in [3.8, 4) is 5.75 Å². The van der Waals surface area contributed by atoms with Crippen LogP contribution in [0.15, 0.2) is 28.8 Å². The van der Waals surface area contributed by atoms with Crippen LogP contribution in [0.3, 0.4) is 0 Å². The first kappa shape index (κ1) is 15.5. The highest BCUT2D eigenvalue weighted by atomic mass is 16.5. The van der Waals surface area contributed by atoms with E-state index in [4.69, 9.17) is 9.26 Å². The molecule has 2 rings (SSSR count). The molecule has 0 aliphatic carbocycles.